The van der Waals surface area contributed by atoms with E-state index < -0.39 is 0 Å². The summed E-state index contributed by atoms with van der Waals surface area (Å²) in [5.74, 6) is 1.72. The summed E-state index contributed by atoms with van der Waals surface area (Å²) in [7, 11) is 0. The average Bonchev–Trinajstić information content (AvgIpc) is 3.12. The summed E-state index contributed by atoms with van der Waals surface area (Å²) >= 11 is 12.1. The lowest BCUT2D eigenvalue weighted by molar-refractivity contribution is 0.290. The summed E-state index contributed by atoms with van der Waals surface area (Å²) in [5, 5.41) is 0.749. The van der Waals surface area contributed by atoms with E-state index in [1.165, 1.54) is 37.9 Å². The second-order valence-electron chi connectivity index (χ2n) is 6.07. The standard InChI is InChI=1S/C16H19Cl2N3/c17-7-5-16-19-12-10-11(18)3-4-13(12)21(16)15-6-9-20-8-1-2-14(15)20/h3-4,10,14-15H,1-2,5-9H2. The van der Waals surface area contributed by atoms with E-state index in [2.05, 4.69) is 15.5 Å². The Labute approximate surface area is 134 Å². The molecule has 0 aliphatic carbocycles. The Bertz CT molecular complexity index is 667. The zero-order valence-electron chi connectivity index (χ0n) is 11.9. The first-order chi connectivity index (χ1) is 10.3. The first-order valence-corrected chi connectivity index (χ1v) is 8.65. The highest BCUT2D eigenvalue weighted by Gasteiger charge is 2.39. The number of aryl methyl sites for hydroxylation is 1. The van der Waals surface area contributed by atoms with E-state index in [1.807, 2.05) is 12.1 Å². The molecule has 0 amide bonds. The molecule has 0 bridgehead atoms. The van der Waals surface area contributed by atoms with Gasteiger partial charge in [-0.3, -0.25) is 4.90 Å². The van der Waals surface area contributed by atoms with Crippen molar-refractivity contribution < 1.29 is 0 Å². The molecule has 1 aromatic carbocycles. The second kappa shape index (κ2) is 5.45. The SMILES string of the molecule is ClCCc1nc2cc(Cl)ccc2n1C1CCN2CCCC12. The van der Waals surface area contributed by atoms with Crippen LogP contribution < -0.4 is 0 Å². The van der Waals surface area contributed by atoms with Gasteiger partial charge in [0.05, 0.1) is 17.1 Å². The van der Waals surface area contributed by atoms with E-state index in [-0.39, 0.29) is 0 Å². The van der Waals surface area contributed by atoms with E-state index >= 15 is 0 Å². The minimum atomic E-state index is 0.539. The quantitative estimate of drug-likeness (QED) is 0.799. The zero-order chi connectivity index (χ0) is 14.4. The number of rotatable bonds is 3. The number of nitrogens with zero attached hydrogens (tertiary/aromatic N) is 3. The number of imidazole rings is 1. The van der Waals surface area contributed by atoms with Crippen LogP contribution in [-0.4, -0.2) is 39.5 Å². The summed E-state index contributed by atoms with van der Waals surface area (Å²) in [4.78, 5) is 7.43. The van der Waals surface area contributed by atoms with Gasteiger partial charge in [-0.1, -0.05) is 11.6 Å². The Balaban J connectivity index is 1.83. The van der Waals surface area contributed by atoms with Crippen molar-refractivity contribution in [1.82, 2.24) is 14.5 Å². The average molecular weight is 324 g/mol. The number of alkyl halides is 1. The van der Waals surface area contributed by atoms with Crippen LogP contribution in [-0.2, 0) is 6.42 Å². The lowest BCUT2D eigenvalue weighted by atomic mass is 10.1. The number of hydrogen-bond donors (Lipinski definition) is 0. The normalized spacial score (nSPS) is 25.8. The third kappa shape index (κ3) is 2.26. The van der Waals surface area contributed by atoms with Gasteiger partial charge in [0.15, 0.2) is 0 Å². The molecule has 5 heteroatoms. The molecule has 4 rings (SSSR count). The molecule has 2 aliphatic rings. The molecule has 1 aromatic heterocycles. The fourth-order valence-electron chi connectivity index (χ4n) is 4.11. The van der Waals surface area contributed by atoms with Crippen molar-refractivity contribution in [3.8, 4) is 0 Å². The first kappa shape index (κ1) is 13.9. The van der Waals surface area contributed by atoms with Crippen molar-refractivity contribution >= 4 is 34.2 Å². The molecule has 2 aromatic rings. The molecule has 0 N–H and O–H groups in total. The fraction of sp³-hybridized carbons (Fsp3) is 0.562. The van der Waals surface area contributed by atoms with Crippen LogP contribution >= 0.6 is 23.2 Å². The number of aromatic nitrogens is 2. The van der Waals surface area contributed by atoms with Crippen LogP contribution in [0.5, 0.6) is 0 Å². The number of benzene rings is 1. The topological polar surface area (TPSA) is 21.1 Å². The smallest absolute Gasteiger partial charge is 0.111 e. The lowest BCUT2D eigenvalue weighted by Gasteiger charge is -2.24. The number of fused-ring (bicyclic) bond motifs is 2. The Kier molecular flexibility index (Phi) is 3.60. The summed E-state index contributed by atoms with van der Waals surface area (Å²) in [6.45, 7) is 2.47. The van der Waals surface area contributed by atoms with Crippen molar-refractivity contribution in [1.29, 1.82) is 0 Å². The van der Waals surface area contributed by atoms with Crippen molar-refractivity contribution in [2.45, 2.75) is 37.8 Å². The lowest BCUT2D eigenvalue weighted by Crippen LogP contribution is -2.28. The van der Waals surface area contributed by atoms with Crippen molar-refractivity contribution in [3.05, 3.63) is 29.0 Å². The first-order valence-electron chi connectivity index (χ1n) is 7.74. The third-order valence-electron chi connectivity index (χ3n) is 4.94. The maximum atomic E-state index is 6.12. The van der Waals surface area contributed by atoms with Gasteiger partial charge < -0.3 is 4.57 Å². The molecule has 2 aliphatic heterocycles. The maximum Gasteiger partial charge on any atom is 0.111 e. The van der Waals surface area contributed by atoms with E-state index in [9.17, 15) is 0 Å². The van der Waals surface area contributed by atoms with Gasteiger partial charge in [-0.05, 0) is 44.0 Å². The van der Waals surface area contributed by atoms with Crippen molar-refractivity contribution in [2.75, 3.05) is 19.0 Å². The van der Waals surface area contributed by atoms with Gasteiger partial charge in [0.25, 0.3) is 0 Å². The number of hydrogen-bond acceptors (Lipinski definition) is 2. The van der Waals surface area contributed by atoms with Gasteiger partial charge >= 0.3 is 0 Å². The summed E-state index contributed by atoms with van der Waals surface area (Å²) in [5.41, 5.74) is 2.21. The predicted molar refractivity (Wildman–Crippen MR) is 87.4 cm³/mol. The Morgan fingerprint density at radius 1 is 1.19 bits per heavy atom. The molecule has 112 valence electrons. The molecule has 3 heterocycles. The largest absolute Gasteiger partial charge is 0.323 e. The predicted octanol–water partition coefficient (Wildman–Crippen LogP) is 3.88. The molecule has 2 unspecified atom stereocenters. The van der Waals surface area contributed by atoms with Crippen molar-refractivity contribution in [2.24, 2.45) is 0 Å². The maximum absolute atomic E-state index is 6.12. The van der Waals surface area contributed by atoms with Gasteiger partial charge in [0.2, 0.25) is 0 Å². The minimum Gasteiger partial charge on any atom is -0.323 e. The third-order valence-corrected chi connectivity index (χ3v) is 5.37. The van der Waals surface area contributed by atoms with Crippen molar-refractivity contribution in [3.63, 3.8) is 0 Å². The monoisotopic (exact) mass is 323 g/mol. The molecule has 2 atom stereocenters. The summed E-state index contributed by atoms with van der Waals surface area (Å²) < 4.78 is 2.45. The highest BCUT2D eigenvalue weighted by atomic mass is 35.5. The van der Waals surface area contributed by atoms with Crippen LogP contribution in [0.2, 0.25) is 5.02 Å². The van der Waals surface area contributed by atoms with E-state index in [4.69, 9.17) is 28.2 Å². The van der Waals surface area contributed by atoms with E-state index in [1.54, 1.807) is 0 Å². The number of halogens is 2. The minimum absolute atomic E-state index is 0.539. The van der Waals surface area contributed by atoms with Crippen LogP contribution in [0.3, 0.4) is 0 Å². The summed E-state index contributed by atoms with van der Waals surface area (Å²) in [6.07, 6.45) is 4.66. The van der Waals surface area contributed by atoms with Crippen LogP contribution in [0.25, 0.3) is 11.0 Å². The van der Waals surface area contributed by atoms with Gasteiger partial charge in [-0.2, -0.15) is 0 Å². The second-order valence-corrected chi connectivity index (χ2v) is 6.89. The molecule has 21 heavy (non-hydrogen) atoms. The fourth-order valence-corrected chi connectivity index (χ4v) is 4.45. The molecular formula is C16H19Cl2N3. The molecule has 2 fully saturated rings. The van der Waals surface area contributed by atoms with Crippen LogP contribution in [0.4, 0.5) is 0 Å². The highest BCUT2D eigenvalue weighted by Crippen LogP contribution is 2.38. The van der Waals surface area contributed by atoms with E-state index in [0.29, 0.717) is 18.0 Å². The van der Waals surface area contributed by atoms with Gasteiger partial charge in [0.1, 0.15) is 5.82 Å². The molecule has 2 saturated heterocycles. The van der Waals surface area contributed by atoms with Crippen LogP contribution in [0.1, 0.15) is 31.1 Å². The Morgan fingerprint density at radius 2 is 2.10 bits per heavy atom. The Hall–Kier alpha value is -0.770. The van der Waals surface area contributed by atoms with Gasteiger partial charge in [0, 0.05) is 29.9 Å². The highest BCUT2D eigenvalue weighted by molar-refractivity contribution is 6.31. The molecular weight excluding hydrogens is 305 g/mol. The zero-order valence-corrected chi connectivity index (χ0v) is 13.4. The van der Waals surface area contributed by atoms with Gasteiger partial charge in [-0.25, -0.2) is 4.98 Å². The molecule has 3 nitrogen and oxygen atoms in total. The van der Waals surface area contributed by atoms with Crippen LogP contribution in [0.15, 0.2) is 18.2 Å². The summed E-state index contributed by atoms with van der Waals surface area (Å²) in [6, 6.07) is 7.25. The molecule has 0 spiro atoms. The van der Waals surface area contributed by atoms with Crippen LogP contribution in [0, 0.1) is 0 Å². The molecule has 0 radical (unpaired) electrons. The molecule has 0 saturated carbocycles. The van der Waals surface area contributed by atoms with E-state index in [0.717, 1.165) is 22.8 Å². The van der Waals surface area contributed by atoms with Gasteiger partial charge in [-0.15, -0.1) is 11.6 Å². The Morgan fingerprint density at radius 3 is 2.95 bits per heavy atom.